The molecule has 6 nitrogen and oxygen atoms in total. The third-order valence-electron chi connectivity index (χ3n) is 5.64. The number of nitrogens with zero attached hydrogens (tertiary/aromatic N) is 1. The van der Waals surface area contributed by atoms with Crippen molar-refractivity contribution in [2.24, 2.45) is 0 Å². The summed E-state index contributed by atoms with van der Waals surface area (Å²) in [7, 11) is 1.56. The van der Waals surface area contributed by atoms with Gasteiger partial charge in [-0.3, -0.25) is 4.79 Å². The third-order valence-corrected chi connectivity index (χ3v) is 5.64. The molecule has 0 unspecified atom stereocenters. The fourth-order valence-electron chi connectivity index (χ4n) is 3.98. The number of nitrogens with one attached hydrogen (secondary N) is 1. The molecule has 3 aromatic carbocycles. The van der Waals surface area contributed by atoms with Gasteiger partial charge in [-0.25, -0.2) is 4.79 Å². The van der Waals surface area contributed by atoms with Gasteiger partial charge in [0.15, 0.2) is 0 Å². The molecule has 0 radical (unpaired) electrons. The van der Waals surface area contributed by atoms with E-state index in [1.54, 1.807) is 43.5 Å². The Hall–Kier alpha value is -3.80. The number of benzene rings is 3. The first kappa shape index (κ1) is 20.5. The molecule has 1 aliphatic rings. The Morgan fingerprint density at radius 3 is 2.45 bits per heavy atom. The van der Waals surface area contributed by atoms with Crippen molar-refractivity contribution in [2.45, 2.75) is 12.3 Å². The molecule has 0 saturated carbocycles. The number of carbonyl (C=O) groups excluding carboxylic acids is 1. The zero-order valence-electron chi connectivity index (χ0n) is 17.2. The summed E-state index contributed by atoms with van der Waals surface area (Å²) in [5.74, 6) is -0.290. The van der Waals surface area contributed by atoms with Crippen molar-refractivity contribution in [3.63, 3.8) is 0 Å². The number of methoxy groups -OCH3 is 1. The normalized spacial score (nSPS) is 15.5. The molecular formula is C25H24N2O4. The first-order valence-electron chi connectivity index (χ1n) is 10.2. The van der Waals surface area contributed by atoms with E-state index in [0.29, 0.717) is 28.6 Å². The molecule has 0 bridgehead atoms. The van der Waals surface area contributed by atoms with E-state index in [2.05, 4.69) is 22.3 Å². The Morgan fingerprint density at radius 2 is 1.77 bits per heavy atom. The van der Waals surface area contributed by atoms with Crippen LogP contribution in [-0.4, -0.2) is 37.2 Å². The van der Waals surface area contributed by atoms with Crippen molar-refractivity contribution in [1.82, 2.24) is 0 Å². The lowest BCUT2D eigenvalue weighted by Gasteiger charge is -2.21. The molecule has 3 aromatic rings. The van der Waals surface area contributed by atoms with Gasteiger partial charge in [-0.05, 0) is 54.4 Å². The SMILES string of the molecule is COc1ccc(C(=O)Nc2ccc(N3CC[C@H](c4ccccc4)C3)c(C(=O)O)c2)cc1. The van der Waals surface area contributed by atoms with Crippen molar-refractivity contribution in [1.29, 1.82) is 0 Å². The van der Waals surface area contributed by atoms with E-state index in [0.717, 1.165) is 19.5 Å². The fraction of sp³-hybridized carbons (Fsp3) is 0.200. The molecule has 1 heterocycles. The molecule has 1 amide bonds. The minimum absolute atomic E-state index is 0.182. The summed E-state index contributed by atoms with van der Waals surface area (Å²) in [6.45, 7) is 1.55. The standard InChI is InChI=1S/C25H24N2O4/c1-31-21-10-7-18(8-11-21)24(28)26-20-9-12-23(22(15-20)25(29)30)27-14-13-19(16-27)17-5-3-2-4-6-17/h2-12,15,19H,13-14,16H2,1H3,(H,26,28)(H,29,30)/t19-/m0/s1. The second-order valence-electron chi connectivity index (χ2n) is 7.56. The van der Waals surface area contributed by atoms with Crippen molar-refractivity contribution in [2.75, 3.05) is 30.4 Å². The quantitative estimate of drug-likeness (QED) is 0.612. The van der Waals surface area contributed by atoms with Crippen LogP contribution in [-0.2, 0) is 0 Å². The van der Waals surface area contributed by atoms with Crippen LogP contribution in [0, 0.1) is 0 Å². The minimum Gasteiger partial charge on any atom is -0.497 e. The molecule has 4 rings (SSSR count). The van der Waals surface area contributed by atoms with E-state index in [-0.39, 0.29) is 11.5 Å². The number of hydrogen-bond acceptors (Lipinski definition) is 4. The average molecular weight is 416 g/mol. The van der Waals surface area contributed by atoms with Crippen LogP contribution in [0.4, 0.5) is 11.4 Å². The highest BCUT2D eigenvalue weighted by Gasteiger charge is 2.27. The molecular weight excluding hydrogens is 392 g/mol. The molecule has 158 valence electrons. The summed E-state index contributed by atoms with van der Waals surface area (Å²) < 4.78 is 5.11. The summed E-state index contributed by atoms with van der Waals surface area (Å²) in [4.78, 5) is 26.6. The minimum atomic E-state index is -1.02. The van der Waals surface area contributed by atoms with Crippen LogP contribution in [0.1, 0.15) is 38.6 Å². The lowest BCUT2D eigenvalue weighted by molar-refractivity contribution is 0.0697. The number of aromatic carboxylic acids is 1. The summed E-state index contributed by atoms with van der Waals surface area (Å²) >= 11 is 0. The number of hydrogen-bond donors (Lipinski definition) is 2. The number of carboxylic acid groups (broad SMARTS) is 1. The van der Waals surface area contributed by atoms with Gasteiger partial charge in [0.05, 0.1) is 18.4 Å². The Balaban J connectivity index is 1.51. The first-order chi connectivity index (χ1) is 15.0. The van der Waals surface area contributed by atoms with Crippen molar-refractivity contribution >= 4 is 23.3 Å². The van der Waals surface area contributed by atoms with E-state index in [1.807, 2.05) is 18.2 Å². The topological polar surface area (TPSA) is 78.9 Å². The molecule has 6 heteroatoms. The van der Waals surface area contributed by atoms with Gasteiger partial charge in [-0.1, -0.05) is 30.3 Å². The molecule has 0 spiro atoms. The summed E-state index contributed by atoms with van der Waals surface area (Å²) in [6, 6.07) is 22.1. The van der Waals surface area contributed by atoms with Gasteiger partial charge >= 0.3 is 5.97 Å². The molecule has 1 atom stereocenters. The van der Waals surface area contributed by atoms with Gasteiger partial charge in [0, 0.05) is 30.3 Å². The molecule has 0 aliphatic carbocycles. The van der Waals surface area contributed by atoms with E-state index in [4.69, 9.17) is 4.74 Å². The maximum atomic E-state index is 12.5. The molecule has 1 saturated heterocycles. The van der Waals surface area contributed by atoms with Crippen LogP contribution in [0.5, 0.6) is 5.75 Å². The van der Waals surface area contributed by atoms with E-state index >= 15 is 0 Å². The Bertz CT molecular complexity index is 1080. The van der Waals surface area contributed by atoms with E-state index in [9.17, 15) is 14.7 Å². The highest BCUT2D eigenvalue weighted by molar-refractivity contribution is 6.05. The third kappa shape index (κ3) is 4.53. The molecule has 1 fully saturated rings. The zero-order chi connectivity index (χ0) is 21.8. The Kier molecular flexibility index (Phi) is 5.89. The number of carbonyl (C=O) groups is 2. The van der Waals surface area contributed by atoms with Crippen molar-refractivity contribution in [3.05, 3.63) is 89.5 Å². The van der Waals surface area contributed by atoms with Gasteiger partial charge in [-0.15, -0.1) is 0 Å². The van der Waals surface area contributed by atoms with Gasteiger partial charge in [-0.2, -0.15) is 0 Å². The summed E-state index contributed by atoms with van der Waals surface area (Å²) in [5.41, 5.74) is 3.03. The maximum absolute atomic E-state index is 12.5. The number of ether oxygens (including phenoxy) is 1. The first-order valence-corrected chi connectivity index (χ1v) is 10.2. The van der Waals surface area contributed by atoms with Crippen LogP contribution in [0.25, 0.3) is 0 Å². The number of carboxylic acids is 1. The van der Waals surface area contributed by atoms with Crippen LogP contribution in [0.15, 0.2) is 72.8 Å². The largest absolute Gasteiger partial charge is 0.497 e. The smallest absolute Gasteiger partial charge is 0.337 e. The maximum Gasteiger partial charge on any atom is 0.337 e. The van der Waals surface area contributed by atoms with Crippen LogP contribution >= 0.6 is 0 Å². The highest BCUT2D eigenvalue weighted by atomic mass is 16.5. The van der Waals surface area contributed by atoms with Crippen molar-refractivity contribution < 1.29 is 19.4 Å². The fourth-order valence-corrected chi connectivity index (χ4v) is 3.98. The lowest BCUT2D eigenvalue weighted by atomic mass is 9.99. The van der Waals surface area contributed by atoms with Gasteiger partial charge in [0.1, 0.15) is 5.75 Å². The molecule has 0 aromatic heterocycles. The number of rotatable bonds is 6. The molecule has 2 N–H and O–H groups in total. The summed E-state index contributed by atoms with van der Waals surface area (Å²) in [6.07, 6.45) is 0.971. The predicted octanol–water partition coefficient (Wildman–Crippen LogP) is 4.64. The molecule has 31 heavy (non-hydrogen) atoms. The Labute approximate surface area is 181 Å². The van der Waals surface area contributed by atoms with Gasteiger partial charge < -0.3 is 20.1 Å². The van der Waals surface area contributed by atoms with Crippen LogP contribution in [0.3, 0.4) is 0 Å². The molecule has 1 aliphatic heterocycles. The lowest BCUT2D eigenvalue weighted by Crippen LogP contribution is -2.22. The zero-order valence-corrected chi connectivity index (χ0v) is 17.2. The highest BCUT2D eigenvalue weighted by Crippen LogP contribution is 2.33. The second-order valence-corrected chi connectivity index (χ2v) is 7.56. The van der Waals surface area contributed by atoms with Gasteiger partial charge in [0.25, 0.3) is 5.91 Å². The monoisotopic (exact) mass is 416 g/mol. The van der Waals surface area contributed by atoms with Crippen LogP contribution in [0.2, 0.25) is 0 Å². The van der Waals surface area contributed by atoms with Gasteiger partial charge in [0.2, 0.25) is 0 Å². The Morgan fingerprint density at radius 1 is 1.03 bits per heavy atom. The second kappa shape index (κ2) is 8.92. The average Bonchev–Trinajstić information content (AvgIpc) is 3.30. The predicted molar refractivity (Wildman–Crippen MR) is 120 cm³/mol. The number of anilines is 2. The van der Waals surface area contributed by atoms with Crippen molar-refractivity contribution in [3.8, 4) is 5.75 Å². The van der Waals surface area contributed by atoms with Crippen LogP contribution < -0.4 is 15.0 Å². The van der Waals surface area contributed by atoms with E-state index in [1.165, 1.54) is 11.6 Å². The summed E-state index contributed by atoms with van der Waals surface area (Å²) in [5, 5.41) is 12.6. The number of amides is 1. The van der Waals surface area contributed by atoms with E-state index < -0.39 is 5.97 Å².